The molecule has 0 saturated heterocycles. The molecule has 16 heavy (non-hydrogen) atoms. The molecule has 4 N–H and O–H groups in total. The number of hydrogen-bond donors (Lipinski definition) is 2. The standard InChI is InChI=1S/C11H13N5/c12-9-1-2-14-6-8(9)5-10(13)11-7-15-3-4-16-11/h1-4,6-7,10H,5,13H2,(H2,12,14). The van der Waals surface area contributed by atoms with Crippen LogP contribution in [-0.2, 0) is 6.42 Å². The lowest BCUT2D eigenvalue weighted by atomic mass is 10.0. The highest BCUT2D eigenvalue weighted by atomic mass is 14.8. The molecule has 5 heteroatoms. The van der Waals surface area contributed by atoms with Crippen molar-refractivity contribution < 1.29 is 0 Å². The zero-order chi connectivity index (χ0) is 11.4. The minimum absolute atomic E-state index is 0.208. The highest BCUT2D eigenvalue weighted by Crippen LogP contribution is 2.16. The molecule has 2 aromatic heterocycles. The Kier molecular flexibility index (Phi) is 3.07. The lowest BCUT2D eigenvalue weighted by Gasteiger charge is -2.11. The maximum Gasteiger partial charge on any atom is 0.0757 e. The summed E-state index contributed by atoms with van der Waals surface area (Å²) in [4.78, 5) is 12.2. The van der Waals surface area contributed by atoms with Crippen LogP contribution in [0, 0.1) is 0 Å². The third-order valence-corrected chi connectivity index (χ3v) is 2.34. The van der Waals surface area contributed by atoms with Gasteiger partial charge in [0, 0.05) is 36.7 Å². The molecule has 0 amide bonds. The molecule has 2 heterocycles. The molecular weight excluding hydrogens is 202 g/mol. The quantitative estimate of drug-likeness (QED) is 0.786. The van der Waals surface area contributed by atoms with Gasteiger partial charge in [0.1, 0.15) is 0 Å². The van der Waals surface area contributed by atoms with E-state index in [0.29, 0.717) is 12.1 Å². The van der Waals surface area contributed by atoms with Crippen LogP contribution in [0.4, 0.5) is 5.69 Å². The van der Waals surface area contributed by atoms with E-state index in [1.54, 1.807) is 37.1 Å². The lowest BCUT2D eigenvalue weighted by molar-refractivity contribution is 0.690. The van der Waals surface area contributed by atoms with Crippen molar-refractivity contribution in [3.05, 3.63) is 48.3 Å². The van der Waals surface area contributed by atoms with Crippen LogP contribution in [0.1, 0.15) is 17.3 Å². The van der Waals surface area contributed by atoms with Gasteiger partial charge in [-0.3, -0.25) is 15.0 Å². The molecule has 2 rings (SSSR count). The smallest absolute Gasteiger partial charge is 0.0757 e. The summed E-state index contributed by atoms with van der Waals surface area (Å²) in [6.45, 7) is 0. The molecule has 0 aliphatic carbocycles. The van der Waals surface area contributed by atoms with Crippen LogP contribution in [0.25, 0.3) is 0 Å². The normalized spacial score (nSPS) is 12.3. The Morgan fingerprint density at radius 3 is 2.62 bits per heavy atom. The van der Waals surface area contributed by atoms with Crippen molar-refractivity contribution in [1.29, 1.82) is 0 Å². The van der Waals surface area contributed by atoms with Crippen LogP contribution in [0.5, 0.6) is 0 Å². The first kappa shape index (κ1) is 10.5. The van der Waals surface area contributed by atoms with E-state index in [-0.39, 0.29) is 6.04 Å². The average Bonchev–Trinajstić information content (AvgIpc) is 2.33. The van der Waals surface area contributed by atoms with Gasteiger partial charge in [0.2, 0.25) is 0 Å². The molecular formula is C11H13N5. The number of nitrogens with zero attached hydrogens (tertiary/aromatic N) is 3. The summed E-state index contributed by atoms with van der Waals surface area (Å²) < 4.78 is 0. The van der Waals surface area contributed by atoms with Gasteiger partial charge < -0.3 is 11.5 Å². The molecule has 0 fully saturated rings. The van der Waals surface area contributed by atoms with Crippen molar-refractivity contribution in [2.24, 2.45) is 5.73 Å². The Morgan fingerprint density at radius 2 is 1.94 bits per heavy atom. The van der Waals surface area contributed by atoms with E-state index in [2.05, 4.69) is 15.0 Å². The van der Waals surface area contributed by atoms with E-state index < -0.39 is 0 Å². The number of pyridine rings is 1. The van der Waals surface area contributed by atoms with Crippen LogP contribution in [-0.4, -0.2) is 15.0 Å². The van der Waals surface area contributed by atoms with Gasteiger partial charge in [-0.05, 0) is 18.1 Å². The number of aromatic nitrogens is 3. The molecule has 0 aliphatic rings. The summed E-state index contributed by atoms with van der Waals surface area (Å²) in [5, 5.41) is 0. The van der Waals surface area contributed by atoms with Crippen LogP contribution in [0.15, 0.2) is 37.1 Å². The first-order valence-electron chi connectivity index (χ1n) is 4.97. The molecule has 0 aromatic carbocycles. The molecule has 82 valence electrons. The summed E-state index contributed by atoms with van der Waals surface area (Å²) in [5.41, 5.74) is 14.2. The second-order valence-electron chi connectivity index (χ2n) is 3.52. The SMILES string of the molecule is Nc1ccncc1CC(N)c1cnccn1. The molecule has 0 aliphatic heterocycles. The van der Waals surface area contributed by atoms with E-state index in [1.165, 1.54) is 0 Å². The minimum Gasteiger partial charge on any atom is -0.398 e. The van der Waals surface area contributed by atoms with Crippen molar-refractivity contribution in [2.75, 3.05) is 5.73 Å². The van der Waals surface area contributed by atoms with Crippen molar-refractivity contribution in [2.45, 2.75) is 12.5 Å². The highest BCUT2D eigenvalue weighted by Gasteiger charge is 2.10. The summed E-state index contributed by atoms with van der Waals surface area (Å²) in [6.07, 6.45) is 8.91. The van der Waals surface area contributed by atoms with Gasteiger partial charge in [-0.1, -0.05) is 0 Å². The Hall–Kier alpha value is -2.01. The third kappa shape index (κ3) is 2.32. The number of anilines is 1. The van der Waals surface area contributed by atoms with Crippen molar-refractivity contribution in [3.8, 4) is 0 Å². The van der Waals surface area contributed by atoms with E-state index in [0.717, 1.165) is 11.3 Å². The van der Waals surface area contributed by atoms with Gasteiger partial charge in [-0.25, -0.2) is 0 Å². The fraction of sp³-hybridized carbons (Fsp3) is 0.182. The number of nitrogen functional groups attached to an aromatic ring is 1. The molecule has 1 unspecified atom stereocenters. The van der Waals surface area contributed by atoms with Crippen LogP contribution >= 0.6 is 0 Å². The monoisotopic (exact) mass is 215 g/mol. The maximum atomic E-state index is 6.01. The van der Waals surface area contributed by atoms with E-state index in [4.69, 9.17) is 11.5 Å². The van der Waals surface area contributed by atoms with E-state index in [9.17, 15) is 0 Å². The Bertz CT molecular complexity index is 457. The van der Waals surface area contributed by atoms with Gasteiger partial charge >= 0.3 is 0 Å². The minimum atomic E-state index is -0.208. The Labute approximate surface area is 93.6 Å². The Balaban J connectivity index is 2.14. The summed E-state index contributed by atoms with van der Waals surface area (Å²) in [7, 11) is 0. The molecule has 0 saturated carbocycles. The lowest BCUT2D eigenvalue weighted by Crippen LogP contribution is -2.16. The van der Waals surface area contributed by atoms with Gasteiger partial charge in [-0.2, -0.15) is 0 Å². The van der Waals surface area contributed by atoms with Gasteiger partial charge in [0.15, 0.2) is 0 Å². The van der Waals surface area contributed by atoms with Crippen LogP contribution < -0.4 is 11.5 Å². The summed E-state index contributed by atoms with van der Waals surface area (Å²) >= 11 is 0. The van der Waals surface area contributed by atoms with Crippen LogP contribution in [0.3, 0.4) is 0 Å². The predicted molar refractivity (Wildman–Crippen MR) is 61.3 cm³/mol. The molecule has 1 atom stereocenters. The van der Waals surface area contributed by atoms with Crippen LogP contribution in [0.2, 0.25) is 0 Å². The predicted octanol–water partition coefficient (Wildman–Crippen LogP) is 0.696. The molecule has 2 aromatic rings. The third-order valence-electron chi connectivity index (χ3n) is 2.34. The van der Waals surface area contributed by atoms with Gasteiger partial charge in [0.25, 0.3) is 0 Å². The number of nitrogens with two attached hydrogens (primary N) is 2. The van der Waals surface area contributed by atoms with E-state index >= 15 is 0 Å². The van der Waals surface area contributed by atoms with Crippen molar-refractivity contribution in [1.82, 2.24) is 15.0 Å². The van der Waals surface area contributed by atoms with Gasteiger partial charge in [-0.15, -0.1) is 0 Å². The molecule has 5 nitrogen and oxygen atoms in total. The molecule has 0 radical (unpaired) electrons. The van der Waals surface area contributed by atoms with Crippen molar-refractivity contribution >= 4 is 5.69 Å². The second kappa shape index (κ2) is 4.67. The first-order valence-corrected chi connectivity index (χ1v) is 4.97. The fourth-order valence-electron chi connectivity index (χ4n) is 1.45. The number of hydrogen-bond acceptors (Lipinski definition) is 5. The number of rotatable bonds is 3. The highest BCUT2D eigenvalue weighted by molar-refractivity contribution is 5.44. The summed E-state index contributed by atoms with van der Waals surface area (Å²) in [6, 6.07) is 1.55. The molecule has 0 spiro atoms. The van der Waals surface area contributed by atoms with Gasteiger partial charge in [0.05, 0.1) is 11.7 Å². The molecule has 0 bridgehead atoms. The zero-order valence-corrected chi connectivity index (χ0v) is 8.74. The topological polar surface area (TPSA) is 90.7 Å². The zero-order valence-electron chi connectivity index (χ0n) is 8.74. The largest absolute Gasteiger partial charge is 0.398 e. The Morgan fingerprint density at radius 1 is 1.12 bits per heavy atom. The first-order chi connectivity index (χ1) is 7.77. The second-order valence-corrected chi connectivity index (χ2v) is 3.52. The van der Waals surface area contributed by atoms with E-state index in [1.807, 2.05) is 0 Å². The van der Waals surface area contributed by atoms with Crippen molar-refractivity contribution in [3.63, 3.8) is 0 Å². The summed E-state index contributed by atoms with van der Waals surface area (Å²) in [5.74, 6) is 0. The fourth-order valence-corrected chi connectivity index (χ4v) is 1.45. The average molecular weight is 215 g/mol. The maximum absolute atomic E-state index is 6.01.